The van der Waals surface area contributed by atoms with Gasteiger partial charge < -0.3 is 14.5 Å². The second kappa shape index (κ2) is 7.67. The number of nitrogens with zero attached hydrogens (tertiary/aromatic N) is 2. The summed E-state index contributed by atoms with van der Waals surface area (Å²) in [6.45, 7) is 6.81. The van der Waals surface area contributed by atoms with Crippen molar-refractivity contribution < 1.29 is 9.53 Å². The average molecular weight is 381 g/mol. The van der Waals surface area contributed by atoms with Crippen molar-refractivity contribution in [3.63, 3.8) is 0 Å². The SMILES string of the molecule is CC(Oc1ccccc1Br)C(=O)N1CCCN(CC2CC2)CC1. The van der Waals surface area contributed by atoms with Crippen LogP contribution in [0.5, 0.6) is 5.75 Å². The van der Waals surface area contributed by atoms with Crippen LogP contribution in [0.3, 0.4) is 0 Å². The molecule has 1 saturated carbocycles. The van der Waals surface area contributed by atoms with Gasteiger partial charge in [0.15, 0.2) is 6.10 Å². The zero-order valence-electron chi connectivity index (χ0n) is 13.7. The Balaban J connectivity index is 1.53. The van der Waals surface area contributed by atoms with Crippen LogP contribution >= 0.6 is 15.9 Å². The third kappa shape index (κ3) is 4.70. The lowest BCUT2D eigenvalue weighted by Crippen LogP contribution is -2.42. The Morgan fingerprint density at radius 3 is 2.78 bits per heavy atom. The van der Waals surface area contributed by atoms with E-state index in [9.17, 15) is 4.79 Å². The summed E-state index contributed by atoms with van der Waals surface area (Å²) < 4.78 is 6.73. The zero-order valence-corrected chi connectivity index (χ0v) is 15.3. The highest BCUT2D eigenvalue weighted by Gasteiger charge is 2.28. The largest absolute Gasteiger partial charge is 0.480 e. The smallest absolute Gasteiger partial charge is 0.263 e. The monoisotopic (exact) mass is 380 g/mol. The summed E-state index contributed by atoms with van der Waals surface area (Å²) in [4.78, 5) is 17.2. The number of rotatable bonds is 5. The molecule has 1 amide bonds. The summed E-state index contributed by atoms with van der Waals surface area (Å²) in [7, 11) is 0. The summed E-state index contributed by atoms with van der Waals surface area (Å²) >= 11 is 3.46. The molecule has 1 aliphatic heterocycles. The van der Waals surface area contributed by atoms with Crippen molar-refractivity contribution in [3.05, 3.63) is 28.7 Å². The normalized spacial score (nSPS) is 20.9. The number of carbonyl (C=O) groups is 1. The van der Waals surface area contributed by atoms with Gasteiger partial charge in [-0.1, -0.05) is 12.1 Å². The third-order valence-electron chi connectivity index (χ3n) is 4.60. The van der Waals surface area contributed by atoms with Gasteiger partial charge in [0.25, 0.3) is 5.91 Å². The predicted molar refractivity (Wildman–Crippen MR) is 94.6 cm³/mol. The van der Waals surface area contributed by atoms with E-state index in [-0.39, 0.29) is 5.91 Å². The first kappa shape index (κ1) is 16.8. The number of hydrogen-bond acceptors (Lipinski definition) is 3. The van der Waals surface area contributed by atoms with Crippen molar-refractivity contribution in [3.8, 4) is 5.75 Å². The minimum Gasteiger partial charge on any atom is -0.480 e. The molecule has 3 rings (SSSR count). The highest BCUT2D eigenvalue weighted by atomic mass is 79.9. The molecule has 0 N–H and O–H groups in total. The van der Waals surface area contributed by atoms with E-state index < -0.39 is 6.10 Å². The third-order valence-corrected chi connectivity index (χ3v) is 5.26. The molecule has 5 heteroatoms. The van der Waals surface area contributed by atoms with Crippen LogP contribution in [0.1, 0.15) is 26.2 Å². The van der Waals surface area contributed by atoms with Crippen LogP contribution in [0.25, 0.3) is 0 Å². The van der Waals surface area contributed by atoms with Gasteiger partial charge in [-0.3, -0.25) is 4.79 Å². The molecular weight excluding hydrogens is 356 g/mol. The lowest BCUT2D eigenvalue weighted by Gasteiger charge is -2.25. The van der Waals surface area contributed by atoms with Crippen LogP contribution in [0.15, 0.2) is 28.7 Å². The molecule has 1 aromatic rings. The number of hydrogen-bond donors (Lipinski definition) is 0. The molecule has 0 spiro atoms. The number of amides is 1. The van der Waals surface area contributed by atoms with Crippen molar-refractivity contribution in [1.29, 1.82) is 0 Å². The van der Waals surface area contributed by atoms with Gasteiger partial charge in [0.1, 0.15) is 5.75 Å². The molecule has 2 fully saturated rings. The summed E-state index contributed by atoms with van der Waals surface area (Å²) in [5.41, 5.74) is 0. The van der Waals surface area contributed by atoms with Crippen LogP contribution in [0.4, 0.5) is 0 Å². The Kier molecular flexibility index (Phi) is 5.59. The van der Waals surface area contributed by atoms with Gasteiger partial charge >= 0.3 is 0 Å². The first-order chi connectivity index (χ1) is 11.1. The lowest BCUT2D eigenvalue weighted by atomic mass is 10.3. The number of benzene rings is 1. The van der Waals surface area contributed by atoms with Gasteiger partial charge in [0.05, 0.1) is 4.47 Å². The maximum atomic E-state index is 12.7. The molecule has 23 heavy (non-hydrogen) atoms. The number of halogens is 1. The van der Waals surface area contributed by atoms with Crippen LogP contribution in [0.2, 0.25) is 0 Å². The molecule has 0 aromatic heterocycles. The van der Waals surface area contributed by atoms with Gasteiger partial charge in [0.2, 0.25) is 0 Å². The number of ether oxygens (including phenoxy) is 1. The van der Waals surface area contributed by atoms with E-state index in [0.29, 0.717) is 0 Å². The Labute approximate surface area is 146 Å². The summed E-state index contributed by atoms with van der Waals surface area (Å²) in [5.74, 6) is 1.72. The second-order valence-corrected chi connectivity index (χ2v) is 7.47. The standard InChI is InChI=1S/C18H25BrN2O2/c1-14(23-17-6-3-2-5-16(17)19)18(22)21-10-4-9-20(11-12-21)13-15-7-8-15/h2-3,5-6,14-15H,4,7-13H2,1H3. The summed E-state index contributed by atoms with van der Waals surface area (Å²) in [6.07, 6.45) is 3.37. The average Bonchev–Trinajstić information content (AvgIpc) is 3.37. The molecule has 0 bridgehead atoms. The molecule has 126 valence electrons. The molecular formula is C18H25BrN2O2. The van der Waals surface area contributed by atoms with Crippen LogP contribution in [-0.2, 0) is 4.79 Å². The fraction of sp³-hybridized carbons (Fsp3) is 0.611. The Bertz CT molecular complexity index is 548. The van der Waals surface area contributed by atoms with Gasteiger partial charge in [0, 0.05) is 26.2 Å². The van der Waals surface area contributed by atoms with E-state index in [4.69, 9.17) is 4.74 Å². The number of carbonyl (C=O) groups excluding carboxylic acids is 1. The van der Waals surface area contributed by atoms with Crippen molar-refractivity contribution in [2.75, 3.05) is 32.7 Å². The minimum atomic E-state index is -0.455. The Morgan fingerprint density at radius 1 is 1.26 bits per heavy atom. The van der Waals surface area contributed by atoms with Crippen LogP contribution in [0, 0.1) is 5.92 Å². The van der Waals surface area contributed by atoms with Crippen molar-refractivity contribution >= 4 is 21.8 Å². The van der Waals surface area contributed by atoms with Gasteiger partial charge in [-0.05, 0) is 66.7 Å². The highest BCUT2D eigenvalue weighted by Crippen LogP contribution is 2.30. The van der Waals surface area contributed by atoms with E-state index in [1.165, 1.54) is 19.4 Å². The topological polar surface area (TPSA) is 32.8 Å². The fourth-order valence-corrected chi connectivity index (χ4v) is 3.46. The van der Waals surface area contributed by atoms with Crippen LogP contribution in [-0.4, -0.2) is 54.5 Å². The maximum absolute atomic E-state index is 12.7. The fourth-order valence-electron chi connectivity index (χ4n) is 3.08. The van der Waals surface area contributed by atoms with Gasteiger partial charge in [-0.2, -0.15) is 0 Å². The van der Waals surface area contributed by atoms with Gasteiger partial charge in [-0.25, -0.2) is 0 Å². The Hall–Kier alpha value is -1.07. The van der Waals surface area contributed by atoms with E-state index in [1.807, 2.05) is 36.1 Å². The quantitative estimate of drug-likeness (QED) is 0.786. The molecule has 2 aliphatic rings. The molecule has 1 aliphatic carbocycles. The predicted octanol–water partition coefficient (Wildman–Crippen LogP) is 3.16. The first-order valence-corrected chi connectivity index (χ1v) is 9.35. The molecule has 1 unspecified atom stereocenters. The van der Waals surface area contributed by atoms with E-state index in [2.05, 4.69) is 20.8 Å². The molecule has 1 aromatic carbocycles. The van der Waals surface area contributed by atoms with E-state index in [1.54, 1.807) is 0 Å². The van der Waals surface area contributed by atoms with Crippen molar-refractivity contribution in [2.24, 2.45) is 5.92 Å². The zero-order chi connectivity index (χ0) is 16.2. The first-order valence-electron chi connectivity index (χ1n) is 8.56. The minimum absolute atomic E-state index is 0.0917. The lowest BCUT2D eigenvalue weighted by molar-refractivity contribution is -0.137. The molecule has 1 saturated heterocycles. The van der Waals surface area contributed by atoms with E-state index in [0.717, 1.165) is 48.7 Å². The maximum Gasteiger partial charge on any atom is 0.263 e. The Morgan fingerprint density at radius 2 is 2.04 bits per heavy atom. The molecule has 0 radical (unpaired) electrons. The van der Waals surface area contributed by atoms with Crippen LogP contribution < -0.4 is 4.74 Å². The van der Waals surface area contributed by atoms with Crippen molar-refractivity contribution in [2.45, 2.75) is 32.3 Å². The molecule has 1 atom stereocenters. The summed E-state index contributed by atoms with van der Waals surface area (Å²) in [5, 5.41) is 0. The number of para-hydroxylation sites is 1. The second-order valence-electron chi connectivity index (χ2n) is 6.61. The van der Waals surface area contributed by atoms with Gasteiger partial charge in [-0.15, -0.1) is 0 Å². The molecule has 1 heterocycles. The highest BCUT2D eigenvalue weighted by molar-refractivity contribution is 9.10. The summed E-state index contributed by atoms with van der Waals surface area (Å²) in [6, 6.07) is 7.66. The van der Waals surface area contributed by atoms with Crippen molar-refractivity contribution in [1.82, 2.24) is 9.80 Å². The molecule has 4 nitrogen and oxygen atoms in total. The van der Waals surface area contributed by atoms with E-state index >= 15 is 0 Å².